The first kappa shape index (κ1) is 26.9. The molecule has 11 nitrogen and oxygen atoms in total. The number of carbonyl (C=O) groups is 5. The average Bonchev–Trinajstić information content (AvgIpc) is 3.26. The molecular formula is C28H32N4O7. The van der Waals surface area contributed by atoms with E-state index in [2.05, 4.69) is 5.32 Å². The number of likely N-dealkylation sites (N-methyl/N-ethyl adjacent to an activating group) is 1. The fourth-order valence-corrected chi connectivity index (χ4v) is 6.84. The van der Waals surface area contributed by atoms with Gasteiger partial charge in [0.15, 0.2) is 34.7 Å². The lowest BCUT2D eigenvalue weighted by molar-refractivity contribution is -0.181. The van der Waals surface area contributed by atoms with Gasteiger partial charge in [0.25, 0.3) is 0 Å². The minimum atomic E-state index is -2.72. The van der Waals surface area contributed by atoms with Crippen LogP contribution in [0.1, 0.15) is 33.6 Å². The number of nitrogens with zero attached hydrogens (tertiary/aromatic N) is 2. The van der Waals surface area contributed by atoms with Crippen LogP contribution < -0.4 is 11.1 Å². The number of primary amides is 1. The van der Waals surface area contributed by atoms with E-state index in [1.807, 2.05) is 29.9 Å². The molecule has 2 fully saturated rings. The van der Waals surface area contributed by atoms with E-state index in [-0.39, 0.29) is 24.2 Å². The molecule has 0 spiro atoms. The number of aryl methyl sites for hydroxylation is 1. The van der Waals surface area contributed by atoms with Crippen LogP contribution in [-0.4, -0.2) is 74.5 Å². The maximum Gasteiger partial charge on any atom is 0.235 e. The maximum absolute atomic E-state index is 13.9. The molecule has 1 amide bonds. The van der Waals surface area contributed by atoms with Crippen molar-refractivity contribution in [1.29, 1.82) is 0 Å². The van der Waals surface area contributed by atoms with E-state index in [4.69, 9.17) is 5.73 Å². The lowest BCUT2D eigenvalue weighted by Crippen LogP contribution is -2.74. The van der Waals surface area contributed by atoms with E-state index < -0.39 is 64.4 Å². The molecule has 0 saturated heterocycles. The molecule has 1 aromatic carbocycles. The molecule has 1 heterocycles. The smallest absolute Gasteiger partial charge is 0.235 e. The van der Waals surface area contributed by atoms with E-state index in [1.54, 1.807) is 20.2 Å². The number of nitrogens with one attached hydrogen (secondary N) is 1. The second-order valence-electron chi connectivity index (χ2n) is 11.1. The number of nitrogens with two attached hydrogens (primary N) is 1. The predicted octanol–water partition coefficient (Wildman–Crippen LogP) is -0.505. The molecule has 0 aliphatic heterocycles. The molecule has 39 heavy (non-hydrogen) atoms. The Balaban J connectivity index is 1.52. The van der Waals surface area contributed by atoms with Crippen LogP contribution in [0.2, 0.25) is 0 Å². The highest BCUT2D eigenvalue weighted by Gasteiger charge is 2.69. The zero-order chi connectivity index (χ0) is 28.4. The summed E-state index contributed by atoms with van der Waals surface area (Å²) >= 11 is 0. The summed E-state index contributed by atoms with van der Waals surface area (Å²) in [5, 5.41) is 25.6. The molecule has 2 saturated carbocycles. The second kappa shape index (κ2) is 9.51. The average molecular weight is 537 g/mol. The van der Waals surface area contributed by atoms with Crippen molar-refractivity contribution in [3.05, 3.63) is 52.8 Å². The Morgan fingerprint density at radius 1 is 1.15 bits per heavy atom. The molecule has 3 aliphatic rings. The van der Waals surface area contributed by atoms with Crippen molar-refractivity contribution < 1.29 is 34.2 Å². The third-order valence-corrected chi connectivity index (χ3v) is 8.71. The van der Waals surface area contributed by atoms with Crippen LogP contribution >= 0.6 is 0 Å². The van der Waals surface area contributed by atoms with Gasteiger partial charge >= 0.3 is 0 Å². The summed E-state index contributed by atoms with van der Waals surface area (Å²) in [4.78, 5) is 67.7. The van der Waals surface area contributed by atoms with Gasteiger partial charge in [0.05, 0.1) is 17.5 Å². The van der Waals surface area contributed by atoms with Crippen molar-refractivity contribution >= 4 is 29.0 Å². The van der Waals surface area contributed by atoms with E-state index in [9.17, 15) is 34.2 Å². The van der Waals surface area contributed by atoms with Gasteiger partial charge in [0, 0.05) is 37.9 Å². The van der Waals surface area contributed by atoms with Gasteiger partial charge in [0.1, 0.15) is 5.75 Å². The number of aliphatic hydroxyl groups is 1. The van der Waals surface area contributed by atoms with Gasteiger partial charge in [-0.2, -0.15) is 0 Å². The first-order chi connectivity index (χ1) is 18.4. The summed E-state index contributed by atoms with van der Waals surface area (Å²) in [6.45, 7) is 0.972. The van der Waals surface area contributed by atoms with Crippen LogP contribution in [0.25, 0.3) is 0 Å². The number of aromatic hydroxyl groups is 1. The molecule has 5 rings (SSSR count). The number of rotatable bonds is 6. The maximum atomic E-state index is 13.9. The number of benzene rings is 1. The number of hydrogen-bond donors (Lipinski definition) is 4. The Morgan fingerprint density at radius 3 is 2.49 bits per heavy atom. The Labute approximate surface area is 225 Å². The van der Waals surface area contributed by atoms with E-state index in [0.29, 0.717) is 18.7 Å². The van der Waals surface area contributed by atoms with Gasteiger partial charge in [-0.15, -0.1) is 0 Å². The number of phenolic OH excluding ortho intramolecular Hbond substituents is 1. The SMILES string of the molecule is CN(C)[C@H]1C(=O)C(C(N)=O)C(=O)[C@@]2(O)C(=O)C3C(=O)c4c(O)ccc(CNCc5cccn5C)c4C[C@H]3C[C@@H]12. The van der Waals surface area contributed by atoms with Crippen LogP contribution in [0.3, 0.4) is 0 Å². The van der Waals surface area contributed by atoms with Crippen molar-refractivity contribution in [2.45, 2.75) is 37.6 Å². The van der Waals surface area contributed by atoms with Gasteiger partial charge in [-0.3, -0.25) is 28.9 Å². The molecular weight excluding hydrogens is 504 g/mol. The number of hydrogen-bond acceptors (Lipinski definition) is 9. The van der Waals surface area contributed by atoms with Crippen molar-refractivity contribution in [1.82, 2.24) is 14.8 Å². The normalized spacial score (nSPS) is 30.2. The molecule has 2 unspecified atom stereocenters. The van der Waals surface area contributed by atoms with Crippen molar-refractivity contribution in [3.63, 3.8) is 0 Å². The molecule has 2 aromatic rings. The van der Waals surface area contributed by atoms with Crippen LogP contribution in [0.15, 0.2) is 30.5 Å². The third-order valence-electron chi connectivity index (χ3n) is 8.71. The molecule has 0 radical (unpaired) electrons. The number of carbonyl (C=O) groups excluding carboxylic acids is 5. The van der Waals surface area contributed by atoms with Crippen molar-refractivity contribution in [2.75, 3.05) is 14.1 Å². The number of phenols is 1. The summed E-state index contributed by atoms with van der Waals surface area (Å²) in [6.07, 6.45) is 2.20. The lowest BCUT2D eigenvalue weighted by Gasteiger charge is -2.52. The lowest BCUT2D eigenvalue weighted by atomic mass is 9.52. The number of amides is 1. The van der Waals surface area contributed by atoms with E-state index in [0.717, 1.165) is 11.3 Å². The fourth-order valence-electron chi connectivity index (χ4n) is 6.84. The predicted molar refractivity (Wildman–Crippen MR) is 137 cm³/mol. The van der Waals surface area contributed by atoms with E-state index in [1.165, 1.54) is 11.0 Å². The topological polar surface area (TPSA) is 172 Å². The van der Waals surface area contributed by atoms with Gasteiger partial charge < -0.3 is 25.8 Å². The molecule has 3 aliphatic carbocycles. The molecule has 206 valence electrons. The largest absolute Gasteiger partial charge is 0.507 e. The van der Waals surface area contributed by atoms with Gasteiger partial charge in [-0.1, -0.05) is 6.07 Å². The Bertz CT molecular complexity index is 1410. The molecule has 6 atom stereocenters. The van der Waals surface area contributed by atoms with Crippen LogP contribution in [0.5, 0.6) is 5.75 Å². The monoisotopic (exact) mass is 536 g/mol. The van der Waals surface area contributed by atoms with Crippen molar-refractivity contribution in [3.8, 4) is 5.75 Å². The summed E-state index contributed by atoms with van der Waals surface area (Å²) in [6, 6.07) is 5.93. The van der Waals surface area contributed by atoms with E-state index >= 15 is 0 Å². The fraction of sp³-hybridized carbons (Fsp3) is 0.464. The van der Waals surface area contributed by atoms with Crippen LogP contribution in [0, 0.1) is 23.7 Å². The first-order valence-electron chi connectivity index (χ1n) is 12.9. The zero-order valence-corrected chi connectivity index (χ0v) is 22.0. The molecule has 0 bridgehead atoms. The van der Waals surface area contributed by atoms with Gasteiger partial charge in [-0.25, -0.2) is 0 Å². The molecule has 5 N–H and O–H groups in total. The number of fused-ring (bicyclic) bond motifs is 3. The highest BCUT2D eigenvalue weighted by molar-refractivity contribution is 6.32. The second-order valence-corrected chi connectivity index (χ2v) is 11.1. The molecule has 1 aromatic heterocycles. The Kier molecular flexibility index (Phi) is 6.56. The van der Waals surface area contributed by atoms with Gasteiger partial charge in [-0.05, 0) is 62.2 Å². The summed E-state index contributed by atoms with van der Waals surface area (Å²) in [5.74, 6) is -10.4. The highest BCUT2D eigenvalue weighted by Crippen LogP contribution is 2.51. The summed E-state index contributed by atoms with van der Waals surface area (Å²) < 4.78 is 1.99. The minimum absolute atomic E-state index is 0.000220. The van der Waals surface area contributed by atoms with Crippen LogP contribution in [-0.2, 0) is 45.7 Å². The number of Topliss-reactive ketones (excluding diaryl/α,β-unsaturated/α-hetero) is 4. The standard InChI is InChI=1S/C28H32N4O7/c1-31(2)22-17-10-14-9-16-13(11-30-12-15-5-4-8-32(15)3)6-7-18(33)20(16)23(34)19(14)25(36)28(17,39)26(37)21(24(22)35)27(29)38/h4-8,14,17,19,21-22,30,33,39H,9-12H2,1-3H3,(H2,29,38)/t14-,17-,19?,21?,22+,28-/m0/s1. The number of aromatic nitrogens is 1. The third kappa shape index (κ3) is 3.95. The van der Waals surface area contributed by atoms with Crippen LogP contribution in [0.4, 0.5) is 0 Å². The van der Waals surface area contributed by atoms with Gasteiger partial charge in [0.2, 0.25) is 5.91 Å². The molecule has 11 heteroatoms. The quantitative estimate of drug-likeness (QED) is 0.355. The number of ketones is 4. The first-order valence-corrected chi connectivity index (χ1v) is 12.9. The Morgan fingerprint density at radius 2 is 1.87 bits per heavy atom. The minimum Gasteiger partial charge on any atom is -0.507 e. The summed E-state index contributed by atoms with van der Waals surface area (Å²) in [7, 11) is 5.06. The highest BCUT2D eigenvalue weighted by atomic mass is 16.3. The Hall–Kier alpha value is -3.67. The van der Waals surface area contributed by atoms with Crippen molar-refractivity contribution in [2.24, 2.45) is 36.5 Å². The zero-order valence-electron chi connectivity index (χ0n) is 22.0. The summed E-state index contributed by atoms with van der Waals surface area (Å²) in [5.41, 5.74) is 5.07.